The second-order valence-corrected chi connectivity index (χ2v) is 10.6. The van der Waals surface area contributed by atoms with Gasteiger partial charge in [0.2, 0.25) is 10.0 Å². The van der Waals surface area contributed by atoms with Crippen molar-refractivity contribution < 1.29 is 21.6 Å². The monoisotopic (exact) mass is 388 g/mol. The molecule has 1 aromatic carbocycles. The van der Waals surface area contributed by atoms with Crippen LogP contribution in [-0.4, -0.2) is 76.4 Å². The van der Waals surface area contributed by atoms with E-state index in [-0.39, 0.29) is 22.4 Å². The zero-order valence-electron chi connectivity index (χ0n) is 14.3. The summed E-state index contributed by atoms with van der Waals surface area (Å²) in [5.74, 6) is 1.08. The largest absolute Gasteiger partial charge is 0.494 e. The topological polar surface area (TPSA) is 84.0 Å². The molecular formula is C16H24N2O5S2. The van der Waals surface area contributed by atoms with Gasteiger partial charge in [0.1, 0.15) is 5.75 Å². The zero-order valence-corrected chi connectivity index (χ0v) is 15.9. The van der Waals surface area contributed by atoms with Crippen LogP contribution in [0.4, 0.5) is 0 Å². The first-order valence-electron chi connectivity index (χ1n) is 8.49. The second kappa shape index (κ2) is 7.22. The zero-order chi connectivity index (χ0) is 18.1. The van der Waals surface area contributed by atoms with Crippen LogP contribution in [0.5, 0.6) is 5.75 Å². The van der Waals surface area contributed by atoms with Crippen molar-refractivity contribution >= 4 is 19.9 Å². The van der Waals surface area contributed by atoms with Crippen molar-refractivity contribution in [2.75, 3.05) is 44.3 Å². The molecule has 2 aliphatic heterocycles. The maximum Gasteiger partial charge on any atom is 0.243 e. The maximum absolute atomic E-state index is 12.8. The molecule has 7 nitrogen and oxygen atoms in total. The third-order valence-corrected chi connectivity index (χ3v) is 8.43. The maximum atomic E-state index is 12.8. The Labute approximate surface area is 149 Å². The van der Waals surface area contributed by atoms with E-state index in [9.17, 15) is 16.8 Å². The highest BCUT2D eigenvalue weighted by atomic mass is 32.2. The van der Waals surface area contributed by atoms with Crippen LogP contribution in [0.3, 0.4) is 0 Å². The van der Waals surface area contributed by atoms with Crippen molar-refractivity contribution in [1.82, 2.24) is 9.21 Å². The molecule has 0 unspecified atom stereocenters. The first-order valence-corrected chi connectivity index (χ1v) is 11.8. The van der Waals surface area contributed by atoms with E-state index >= 15 is 0 Å². The Morgan fingerprint density at radius 1 is 1.12 bits per heavy atom. The summed E-state index contributed by atoms with van der Waals surface area (Å²) in [6.07, 6.45) is 0.647. The van der Waals surface area contributed by atoms with Gasteiger partial charge in [-0.15, -0.1) is 0 Å². The van der Waals surface area contributed by atoms with Crippen molar-refractivity contribution in [3.63, 3.8) is 0 Å². The fourth-order valence-corrected chi connectivity index (χ4v) is 6.58. The lowest BCUT2D eigenvalue weighted by Gasteiger charge is -2.36. The van der Waals surface area contributed by atoms with Crippen LogP contribution >= 0.6 is 0 Å². The molecule has 3 rings (SSSR count). The highest BCUT2D eigenvalue weighted by Crippen LogP contribution is 2.23. The Bertz CT molecular complexity index is 797. The third-order valence-electron chi connectivity index (χ3n) is 4.77. The number of ether oxygens (including phenoxy) is 1. The van der Waals surface area contributed by atoms with E-state index < -0.39 is 19.9 Å². The molecule has 0 N–H and O–H groups in total. The van der Waals surface area contributed by atoms with Gasteiger partial charge in [0.15, 0.2) is 9.84 Å². The van der Waals surface area contributed by atoms with Crippen LogP contribution < -0.4 is 4.74 Å². The minimum atomic E-state index is -3.53. The number of hydrogen-bond acceptors (Lipinski definition) is 6. The summed E-state index contributed by atoms with van der Waals surface area (Å²) in [5.41, 5.74) is 0. The molecule has 0 amide bonds. The molecular weight excluding hydrogens is 364 g/mol. The molecule has 2 fully saturated rings. The van der Waals surface area contributed by atoms with E-state index in [1.165, 1.54) is 4.31 Å². The molecule has 0 aromatic heterocycles. The molecule has 25 heavy (non-hydrogen) atoms. The number of piperazine rings is 1. The smallest absolute Gasteiger partial charge is 0.243 e. The van der Waals surface area contributed by atoms with Gasteiger partial charge < -0.3 is 4.74 Å². The van der Waals surface area contributed by atoms with Crippen LogP contribution in [0.15, 0.2) is 29.2 Å². The van der Waals surface area contributed by atoms with E-state index in [0.717, 1.165) is 0 Å². The Morgan fingerprint density at radius 3 is 2.28 bits per heavy atom. The summed E-state index contributed by atoms with van der Waals surface area (Å²) < 4.78 is 55.6. The average molecular weight is 389 g/mol. The Balaban J connectivity index is 1.63. The van der Waals surface area contributed by atoms with Crippen molar-refractivity contribution in [2.45, 2.75) is 24.3 Å². The predicted molar refractivity (Wildman–Crippen MR) is 95.0 cm³/mol. The molecule has 0 bridgehead atoms. The Kier molecular flexibility index (Phi) is 5.38. The number of hydrogen-bond donors (Lipinski definition) is 0. The van der Waals surface area contributed by atoms with E-state index in [4.69, 9.17) is 4.74 Å². The van der Waals surface area contributed by atoms with Gasteiger partial charge in [-0.2, -0.15) is 4.31 Å². The van der Waals surface area contributed by atoms with Crippen molar-refractivity contribution in [1.29, 1.82) is 0 Å². The van der Waals surface area contributed by atoms with Gasteiger partial charge in [0.25, 0.3) is 0 Å². The first kappa shape index (κ1) is 18.6. The van der Waals surface area contributed by atoms with Gasteiger partial charge in [0, 0.05) is 32.2 Å². The fourth-order valence-electron chi connectivity index (χ4n) is 3.40. The summed E-state index contributed by atoms with van der Waals surface area (Å²) in [4.78, 5) is 2.36. The molecule has 2 saturated heterocycles. The molecule has 1 aromatic rings. The minimum Gasteiger partial charge on any atom is -0.494 e. The lowest BCUT2D eigenvalue weighted by atomic mass is 10.2. The highest BCUT2D eigenvalue weighted by Gasteiger charge is 2.36. The minimum absolute atomic E-state index is 0.0281. The Hall–Kier alpha value is -1.16. The highest BCUT2D eigenvalue weighted by molar-refractivity contribution is 7.91. The van der Waals surface area contributed by atoms with E-state index in [1.807, 2.05) is 6.92 Å². The number of sulfonamides is 1. The molecule has 1 atom stereocenters. The van der Waals surface area contributed by atoms with E-state index in [0.29, 0.717) is 45.0 Å². The third kappa shape index (κ3) is 4.16. The van der Waals surface area contributed by atoms with Gasteiger partial charge >= 0.3 is 0 Å². The predicted octanol–water partition coefficient (Wildman–Crippen LogP) is 0.579. The second-order valence-electron chi connectivity index (χ2n) is 6.40. The van der Waals surface area contributed by atoms with Crippen LogP contribution in [0.2, 0.25) is 0 Å². The van der Waals surface area contributed by atoms with E-state index in [1.54, 1.807) is 24.3 Å². The number of nitrogens with zero attached hydrogens (tertiary/aromatic N) is 2. The summed E-state index contributed by atoms with van der Waals surface area (Å²) in [5, 5.41) is 0. The molecule has 2 aliphatic rings. The summed E-state index contributed by atoms with van der Waals surface area (Å²) in [6.45, 7) is 4.30. The van der Waals surface area contributed by atoms with Gasteiger partial charge in [-0.05, 0) is 37.6 Å². The number of rotatable bonds is 5. The Morgan fingerprint density at radius 2 is 1.76 bits per heavy atom. The summed E-state index contributed by atoms with van der Waals surface area (Å²) in [6, 6.07) is 6.48. The molecule has 0 spiro atoms. The van der Waals surface area contributed by atoms with Gasteiger partial charge in [0.05, 0.1) is 23.0 Å². The fraction of sp³-hybridized carbons (Fsp3) is 0.625. The lowest BCUT2D eigenvalue weighted by molar-refractivity contribution is 0.148. The standard InChI is InChI=1S/C16H24N2O5S2/c1-2-23-15-3-5-16(6-4-15)25(21,22)18-10-8-17(9-11-18)14-7-12-24(19,20)13-14/h3-6,14H,2,7-13H2,1H3/t14-/m0/s1. The van der Waals surface area contributed by atoms with Gasteiger partial charge in [-0.3, -0.25) is 4.90 Å². The average Bonchev–Trinajstić information content (AvgIpc) is 2.96. The first-order chi connectivity index (χ1) is 11.8. The normalized spacial score (nSPS) is 25.1. The lowest BCUT2D eigenvalue weighted by Crippen LogP contribution is -2.52. The molecule has 0 aliphatic carbocycles. The molecule has 0 radical (unpaired) electrons. The van der Waals surface area contributed by atoms with Crippen molar-refractivity contribution in [2.24, 2.45) is 0 Å². The van der Waals surface area contributed by atoms with Gasteiger partial charge in [-0.25, -0.2) is 16.8 Å². The van der Waals surface area contributed by atoms with Crippen molar-refractivity contribution in [3.05, 3.63) is 24.3 Å². The molecule has 0 saturated carbocycles. The van der Waals surface area contributed by atoms with Crippen LogP contribution in [0.25, 0.3) is 0 Å². The SMILES string of the molecule is CCOc1ccc(S(=O)(=O)N2CCN([C@H]3CCS(=O)(=O)C3)CC2)cc1. The van der Waals surface area contributed by atoms with Crippen molar-refractivity contribution in [3.8, 4) is 5.75 Å². The number of benzene rings is 1. The van der Waals surface area contributed by atoms with Crippen LogP contribution in [0.1, 0.15) is 13.3 Å². The quantitative estimate of drug-likeness (QED) is 0.734. The summed E-state index contributed by atoms with van der Waals surface area (Å²) >= 11 is 0. The van der Waals surface area contributed by atoms with Crippen LogP contribution in [0, 0.1) is 0 Å². The molecule has 2 heterocycles. The molecule has 140 valence electrons. The van der Waals surface area contributed by atoms with Crippen LogP contribution in [-0.2, 0) is 19.9 Å². The summed E-state index contributed by atoms with van der Waals surface area (Å²) in [7, 11) is -6.45. The molecule has 9 heteroatoms. The van der Waals surface area contributed by atoms with E-state index in [2.05, 4.69) is 4.90 Å². The number of sulfone groups is 1. The van der Waals surface area contributed by atoms with Gasteiger partial charge in [-0.1, -0.05) is 0 Å².